The van der Waals surface area contributed by atoms with Crippen molar-refractivity contribution in [3.8, 4) is 0 Å². The summed E-state index contributed by atoms with van der Waals surface area (Å²) in [5.41, 5.74) is 0. The number of rotatable bonds is 1. The molecule has 0 radical (unpaired) electrons. The van der Waals surface area contributed by atoms with E-state index in [-0.39, 0.29) is 5.30 Å². The van der Waals surface area contributed by atoms with Gasteiger partial charge in [-0.15, -0.1) is 36.2 Å². The smallest absolute Gasteiger partial charge is 0.372 e. The van der Waals surface area contributed by atoms with Gasteiger partial charge in [-0.2, -0.15) is 0 Å². The van der Waals surface area contributed by atoms with Crippen LogP contribution in [0, 0.1) is 0 Å². The first-order valence-corrected chi connectivity index (χ1v) is 6.42. The minimum absolute atomic E-state index is 0.272. The normalized spacial score (nSPS) is 17.8. The van der Waals surface area contributed by atoms with Gasteiger partial charge in [-0.05, 0) is 0 Å². The predicted molar refractivity (Wildman–Crippen MR) is 60.9 cm³/mol. The maximum atomic E-state index is 10.9. The molecule has 6 heteroatoms. The van der Waals surface area contributed by atoms with Crippen LogP contribution in [0.5, 0.6) is 0 Å². The van der Waals surface area contributed by atoms with Gasteiger partial charge >= 0.3 is 5.30 Å². The fourth-order valence-electron chi connectivity index (χ4n) is 0.584. The van der Waals surface area contributed by atoms with Crippen LogP contribution in [-0.2, 0) is 4.74 Å². The van der Waals surface area contributed by atoms with E-state index in [0.717, 1.165) is 31.7 Å². The highest BCUT2D eigenvalue weighted by molar-refractivity contribution is 8.32. The average molecular weight is 240 g/mol. The first kappa shape index (κ1) is 10.7. The molecule has 0 saturated carbocycles. The maximum absolute atomic E-state index is 10.9. The molecule has 68 valence electrons. The Labute approximate surface area is 89.7 Å². The van der Waals surface area contributed by atoms with Gasteiger partial charge in [-0.1, -0.05) is 0 Å². The van der Waals surface area contributed by atoms with Gasteiger partial charge in [0.2, 0.25) is 0 Å². The summed E-state index contributed by atoms with van der Waals surface area (Å²) in [6, 6.07) is 0. The average Bonchev–Trinajstić information content (AvgIpc) is 2.09. The highest BCUT2D eigenvalue weighted by Crippen LogP contribution is 2.42. The van der Waals surface area contributed by atoms with Crippen LogP contribution in [0.15, 0.2) is 8.47 Å². The number of thioether (sulfide) groups is 3. The number of hydrogen-bond donors (Lipinski definition) is 1. The van der Waals surface area contributed by atoms with Crippen LogP contribution in [0.1, 0.15) is 0 Å². The highest BCUT2D eigenvalue weighted by Gasteiger charge is 2.15. The van der Waals surface area contributed by atoms with Crippen molar-refractivity contribution >= 4 is 53.2 Å². The van der Waals surface area contributed by atoms with Crippen molar-refractivity contribution in [2.45, 2.75) is 0 Å². The Morgan fingerprint density at radius 3 is 2.83 bits per heavy atom. The first-order chi connectivity index (χ1) is 5.74. The van der Waals surface area contributed by atoms with Crippen LogP contribution in [-0.4, -0.2) is 23.9 Å². The molecular weight excluding hydrogens is 232 g/mol. The number of carbonyl (C=O) groups excluding carboxylic acids is 1. The molecule has 0 N–H and O–H groups in total. The second kappa shape index (κ2) is 5.36. The van der Waals surface area contributed by atoms with Crippen molar-refractivity contribution in [3.05, 3.63) is 8.47 Å². The summed E-state index contributed by atoms with van der Waals surface area (Å²) in [4.78, 5) is 10.9. The SMILES string of the molecule is COC(=O)SC1=C(S)SCCS1. The highest BCUT2D eigenvalue weighted by atomic mass is 32.2. The van der Waals surface area contributed by atoms with Gasteiger partial charge in [0.1, 0.15) is 0 Å². The summed E-state index contributed by atoms with van der Waals surface area (Å²) in [5.74, 6) is 2.10. The van der Waals surface area contributed by atoms with Gasteiger partial charge in [0.25, 0.3) is 0 Å². The van der Waals surface area contributed by atoms with Gasteiger partial charge in [0, 0.05) is 23.3 Å². The lowest BCUT2D eigenvalue weighted by atomic mass is 11.0. The molecule has 0 saturated heterocycles. The zero-order valence-corrected chi connectivity index (χ0v) is 9.75. The largest absolute Gasteiger partial charge is 0.461 e. The maximum Gasteiger partial charge on any atom is 0.372 e. The van der Waals surface area contributed by atoms with Gasteiger partial charge in [0.05, 0.1) is 15.6 Å². The molecule has 0 aromatic carbocycles. The van der Waals surface area contributed by atoms with E-state index >= 15 is 0 Å². The van der Waals surface area contributed by atoms with Crippen molar-refractivity contribution in [2.75, 3.05) is 18.6 Å². The van der Waals surface area contributed by atoms with E-state index in [1.54, 1.807) is 23.5 Å². The third-order valence-corrected chi connectivity index (χ3v) is 5.59. The van der Waals surface area contributed by atoms with Crippen LogP contribution in [0.2, 0.25) is 0 Å². The minimum atomic E-state index is -0.272. The quantitative estimate of drug-likeness (QED) is 0.561. The molecule has 12 heavy (non-hydrogen) atoms. The summed E-state index contributed by atoms with van der Waals surface area (Å²) in [6.07, 6.45) is 0. The van der Waals surface area contributed by atoms with Gasteiger partial charge in [-0.3, -0.25) is 0 Å². The second-order valence-corrected chi connectivity index (χ2v) is 6.01. The number of hydrogen-bond acceptors (Lipinski definition) is 6. The van der Waals surface area contributed by atoms with E-state index in [9.17, 15) is 4.79 Å². The Balaban J connectivity index is 2.54. The van der Waals surface area contributed by atoms with E-state index in [2.05, 4.69) is 17.4 Å². The van der Waals surface area contributed by atoms with Crippen molar-refractivity contribution < 1.29 is 9.53 Å². The molecular formula is C6H8O2S4. The van der Waals surface area contributed by atoms with E-state index < -0.39 is 0 Å². The lowest BCUT2D eigenvalue weighted by Gasteiger charge is -2.13. The number of methoxy groups -OCH3 is 1. The summed E-state index contributed by atoms with van der Waals surface area (Å²) in [7, 11) is 1.38. The fourth-order valence-corrected chi connectivity index (χ4v) is 4.14. The summed E-state index contributed by atoms with van der Waals surface area (Å²) < 4.78 is 6.43. The zero-order valence-electron chi connectivity index (χ0n) is 6.40. The van der Waals surface area contributed by atoms with Crippen molar-refractivity contribution in [1.29, 1.82) is 0 Å². The van der Waals surface area contributed by atoms with Crippen LogP contribution in [0.3, 0.4) is 0 Å². The molecule has 0 spiro atoms. The standard InChI is InChI=1S/C6H8O2S4/c1-8-6(7)12-5-4(9)10-2-3-11-5/h9H,2-3H2,1H3. The van der Waals surface area contributed by atoms with Gasteiger partial charge in [-0.25, -0.2) is 4.79 Å². The Hall–Kier alpha value is 0.610. The fraction of sp³-hybridized carbons (Fsp3) is 0.500. The molecule has 1 rings (SSSR count). The zero-order chi connectivity index (χ0) is 8.97. The molecule has 0 atom stereocenters. The number of thiol groups is 1. The topological polar surface area (TPSA) is 26.3 Å². The number of carbonyl (C=O) groups is 1. The van der Waals surface area contributed by atoms with E-state index in [1.807, 2.05) is 0 Å². The van der Waals surface area contributed by atoms with Crippen LogP contribution >= 0.6 is 47.9 Å². The second-order valence-electron chi connectivity index (χ2n) is 1.85. The van der Waals surface area contributed by atoms with E-state index in [4.69, 9.17) is 0 Å². The molecule has 1 aliphatic rings. The molecule has 0 aliphatic carbocycles. The first-order valence-electron chi connectivity index (χ1n) is 3.18. The third kappa shape index (κ3) is 3.16. The molecule has 1 aliphatic heterocycles. The Morgan fingerprint density at radius 2 is 2.25 bits per heavy atom. The van der Waals surface area contributed by atoms with Crippen molar-refractivity contribution in [2.24, 2.45) is 0 Å². The Morgan fingerprint density at radius 1 is 1.58 bits per heavy atom. The lowest BCUT2D eigenvalue weighted by Crippen LogP contribution is -1.96. The molecule has 0 aromatic heterocycles. The number of ether oxygens (including phenoxy) is 1. The molecule has 2 nitrogen and oxygen atoms in total. The van der Waals surface area contributed by atoms with E-state index in [1.165, 1.54) is 7.11 Å². The molecule has 0 aromatic rings. The minimum Gasteiger partial charge on any atom is -0.461 e. The van der Waals surface area contributed by atoms with Crippen LogP contribution < -0.4 is 0 Å². The predicted octanol–water partition coefficient (Wildman–Crippen LogP) is 3.02. The molecule has 0 fully saturated rings. The monoisotopic (exact) mass is 240 g/mol. The molecule has 0 unspecified atom stereocenters. The third-order valence-electron chi connectivity index (χ3n) is 1.07. The van der Waals surface area contributed by atoms with E-state index in [0.29, 0.717) is 0 Å². The van der Waals surface area contributed by atoms with Crippen molar-refractivity contribution in [1.82, 2.24) is 0 Å². The lowest BCUT2D eigenvalue weighted by molar-refractivity contribution is 0.200. The van der Waals surface area contributed by atoms with Gasteiger partial charge in [0.15, 0.2) is 0 Å². The molecule has 1 heterocycles. The summed E-state index contributed by atoms with van der Waals surface area (Å²) >= 11 is 8.71. The Bertz CT molecular complexity index is 214. The molecule has 0 bridgehead atoms. The van der Waals surface area contributed by atoms with Gasteiger partial charge < -0.3 is 4.74 Å². The summed E-state index contributed by atoms with van der Waals surface area (Å²) in [6.45, 7) is 0. The summed E-state index contributed by atoms with van der Waals surface area (Å²) in [5, 5.41) is -0.272. The van der Waals surface area contributed by atoms with Crippen LogP contribution in [0.25, 0.3) is 0 Å². The Kier molecular flexibility index (Phi) is 4.78. The molecule has 0 amide bonds. The van der Waals surface area contributed by atoms with Crippen LogP contribution in [0.4, 0.5) is 4.79 Å². The van der Waals surface area contributed by atoms with Crippen molar-refractivity contribution in [3.63, 3.8) is 0 Å².